The largest absolute Gasteiger partial charge is 0.342 e. The molecular weight excluding hydrogens is 188 g/mol. The number of nitrogens with zero attached hydrogens (tertiary/aromatic N) is 1. The number of rotatable bonds is 4. The molecule has 0 aliphatic heterocycles. The van der Waals surface area contributed by atoms with Gasteiger partial charge in [-0.1, -0.05) is 37.3 Å². The first kappa shape index (κ1) is 11.3. The maximum Gasteiger partial charge on any atom is 0.228 e. The van der Waals surface area contributed by atoms with Crippen molar-refractivity contribution in [2.24, 2.45) is 0 Å². The van der Waals surface area contributed by atoms with Crippen LogP contribution in [0.15, 0.2) is 30.3 Å². The van der Waals surface area contributed by atoms with E-state index in [4.69, 9.17) is 5.26 Å². The molecule has 1 atom stereocenters. The number of hydrogen-bond donors (Lipinski definition) is 1. The van der Waals surface area contributed by atoms with Crippen LogP contribution < -0.4 is 5.32 Å². The standard InChI is InChI=1S/C12H14N2O/c1-2-11(12(15)14-9-8-13)10-6-4-3-5-7-10/h3-7,11H,2,9H2,1H3,(H,14,15)/t11-/m1/s1. The van der Waals surface area contributed by atoms with Gasteiger partial charge in [0.2, 0.25) is 5.91 Å². The van der Waals surface area contributed by atoms with Gasteiger partial charge in [0.1, 0.15) is 6.54 Å². The van der Waals surface area contributed by atoms with Crippen LogP contribution in [0, 0.1) is 11.3 Å². The molecule has 0 saturated carbocycles. The summed E-state index contributed by atoms with van der Waals surface area (Å²) < 4.78 is 0. The lowest BCUT2D eigenvalue weighted by molar-refractivity contribution is -0.122. The van der Waals surface area contributed by atoms with Gasteiger partial charge in [-0.3, -0.25) is 4.79 Å². The molecule has 0 saturated heterocycles. The molecule has 0 unspecified atom stereocenters. The van der Waals surface area contributed by atoms with Gasteiger partial charge in [-0.25, -0.2) is 0 Å². The Bertz CT molecular complexity index is 354. The van der Waals surface area contributed by atoms with Crippen LogP contribution in [-0.4, -0.2) is 12.5 Å². The Kier molecular flexibility index (Phi) is 4.36. The SMILES string of the molecule is CC[C@@H](C(=O)NCC#N)c1ccccc1. The number of carbonyl (C=O) groups is 1. The fourth-order valence-electron chi connectivity index (χ4n) is 1.51. The van der Waals surface area contributed by atoms with Crippen LogP contribution >= 0.6 is 0 Å². The van der Waals surface area contributed by atoms with Crippen molar-refractivity contribution >= 4 is 5.91 Å². The first-order valence-corrected chi connectivity index (χ1v) is 4.99. The molecule has 3 heteroatoms. The summed E-state index contributed by atoms with van der Waals surface area (Å²) in [4.78, 5) is 11.7. The lowest BCUT2D eigenvalue weighted by Crippen LogP contribution is -2.29. The van der Waals surface area contributed by atoms with Gasteiger partial charge in [0, 0.05) is 0 Å². The molecule has 78 valence electrons. The van der Waals surface area contributed by atoms with Crippen LogP contribution in [0.5, 0.6) is 0 Å². The van der Waals surface area contributed by atoms with Crippen molar-refractivity contribution in [1.29, 1.82) is 5.26 Å². The second-order valence-electron chi connectivity index (χ2n) is 3.25. The normalized spacial score (nSPS) is 11.5. The second kappa shape index (κ2) is 5.82. The Balaban J connectivity index is 2.72. The highest BCUT2D eigenvalue weighted by molar-refractivity contribution is 5.83. The molecule has 0 aliphatic carbocycles. The van der Waals surface area contributed by atoms with Crippen LogP contribution in [0.25, 0.3) is 0 Å². The van der Waals surface area contributed by atoms with Crippen molar-refractivity contribution in [3.8, 4) is 6.07 Å². The Morgan fingerprint density at radius 1 is 1.47 bits per heavy atom. The molecule has 0 radical (unpaired) electrons. The van der Waals surface area contributed by atoms with Gasteiger partial charge in [0.05, 0.1) is 12.0 Å². The van der Waals surface area contributed by atoms with E-state index in [0.717, 1.165) is 12.0 Å². The summed E-state index contributed by atoms with van der Waals surface area (Å²) in [5.41, 5.74) is 0.996. The average molecular weight is 202 g/mol. The van der Waals surface area contributed by atoms with E-state index in [1.807, 2.05) is 43.3 Å². The molecule has 0 spiro atoms. The molecule has 1 N–H and O–H groups in total. The van der Waals surface area contributed by atoms with Gasteiger partial charge in [-0.2, -0.15) is 5.26 Å². The predicted octanol–water partition coefficient (Wildman–Crippen LogP) is 1.82. The van der Waals surface area contributed by atoms with E-state index in [1.54, 1.807) is 0 Å². The first-order chi connectivity index (χ1) is 7.29. The maximum absolute atomic E-state index is 11.7. The molecule has 0 aromatic heterocycles. The van der Waals surface area contributed by atoms with Crippen LogP contribution in [0.2, 0.25) is 0 Å². The monoisotopic (exact) mass is 202 g/mol. The van der Waals surface area contributed by atoms with Gasteiger partial charge < -0.3 is 5.32 Å². The van der Waals surface area contributed by atoms with Gasteiger partial charge >= 0.3 is 0 Å². The highest BCUT2D eigenvalue weighted by Crippen LogP contribution is 2.18. The van der Waals surface area contributed by atoms with Crippen LogP contribution in [0.4, 0.5) is 0 Å². The third-order valence-electron chi connectivity index (χ3n) is 2.27. The Morgan fingerprint density at radius 3 is 2.67 bits per heavy atom. The number of hydrogen-bond acceptors (Lipinski definition) is 2. The number of benzene rings is 1. The Morgan fingerprint density at radius 2 is 2.13 bits per heavy atom. The van der Waals surface area contributed by atoms with E-state index in [2.05, 4.69) is 5.32 Å². The second-order valence-corrected chi connectivity index (χ2v) is 3.25. The fraction of sp³-hybridized carbons (Fsp3) is 0.333. The number of nitriles is 1. The van der Waals surface area contributed by atoms with Crippen molar-refractivity contribution in [3.63, 3.8) is 0 Å². The van der Waals surface area contributed by atoms with E-state index < -0.39 is 0 Å². The van der Waals surface area contributed by atoms with Gasteiger partial charge in [-0.05, 0) is 12.0 Å². The van der Waals surface area contributed by atoms with Crippen LogP contribution in [-0.2, 0) is 4.79 Å². The summed E-state index contributed by atoms with van der Waals surface area (Å²) in [6.45, 7) is 2.03. The summed E-state index contributed by atoms with van der Waals surface area (Å²) >= 11 is 0. The zero-order chi connectivity index (χ0) is 11.1. The van der Waals surface area contributed by atoms with Crippen molar-refractivity contribution in [3.05, 3.63) is 35.9 Å². The highest BCUT2D eigenvalue weighted by Gasteiger charge is 2.17. The number of amides is 1. The summed E-state index contributed by atoms with van der Waals surface area (Å²) in [5, 5.41) is 11.0. The minimum absolute atomic E-state index is 0.0716. The zero-order valence-corrected chi connectivity index (χ0v) is 8.73. The van der Waals surface area contributed by atoms with Crippen molar-refractivity contribution < 1.29 is 4.79 Å². The van der Waals surface area contributed by atoms with Crippen molar-refractivity contribution in [1.82, 2.24) is 5.32 Å². The maximum atomic E-state index is 11.7. The summed E-state index contributed by atoms with van der Waals surface area (Å²) in [7, 11) is 0. The van der Waals surface area contributed by atoms with E-state index in [-0.39, 0.29) is 18.4 Å². The summed E-state index contributed by atoms with van der Waals surface area (Å²) in [6, 6.07) is 11.5. The topological polar surface area (TPSA) is 52.9 Å². The van der Waals surface area contributed by atoms with Crippen molar-refractivity contribution in [2.75, 3.05) is 6.54 Å². The minimum Gasteiger partial charge on any atom is -0.342 e. The molecule has 0 aliphatic rings. The smallest absolute Gasteiger partial charge is 0.228 e. The lowest BCUT2D eigenvalue weighted by atomic mass is 9.96. The van der Waals surface area contributed by atoms with Crippen LogP contribution in [0.1, 0.15) is 24.8 Å². The fourth-order valence-corrected chi connectivity index (χ4v) is 1.51. The van der Waals surface area contributed by atoms with Gasteiger partial charge in [0.15, 0.2) is 0 Å². The molecule has 15 heavy (non-hydrogen) atoms. The molecular formula is C12H14N2O. The number of carbonyl (C=O) groups excluding carboxylic acids is 1. The zero-order valence-electron chi connectivity index (χ0n) is 8.73. The van der Waals surface area contributed by atoms with E-state index >= 15 is 0 Å². The van der Waals surface area contributed by atoms with Crippen LogP contribution in [0.3, 0.4) is 0 Å². The minimum atomic E-state index is -0.153. The lowest BCUT2D eigenvalue weighted by Gasteiger charge is -2.13. The Labute approximate surface area is 89.7 Å². The molecule has 1 aromatic carbocycles. The molecule has 1 rings (SSSR count). The molecule has 0 bridgehead atoms. The molecule has 0 fully saturated rings. The Hall–Kier alpha value is -1.82. The molecule has 3 nitrogen and oxygen atoms in total. The quantitative estimate of drug-likeness (QED) is 0.757. The van der Waals surface area contributed by atoms with E-state index in [0.29, 0.717) is 0 Å². The average Bonchev–Trinajstić information content (AvgIpc) is 2.29. The van der Waals surface area contributed by atoms with Crippen molar-refractivity contribution in [2.45, 2.75) is 19.3 Å². The molecule has 1 amide bonds. The summed E-state index contributed by atoms with van der Waals surface area (Å²) in [5.74, 6) is -0.232. The molecule has 0 heterocycles. The third kappa shape index (κ3) is 3.10. The molecule has 1 aromatic rings. The van der Waals surface area contributed by atoms with Gasteiger partial charge in [-0.15, -0.1) is 0 Å². The third-order valence-corrected chi connectivity index (χ3v) is 2.27. The van der Waals surface area contributed by atoms with E-state index in [1.165, 1.54) is 0 Å². The highest BCUT2D eigenvalue weighted by atomic mass is 16.1. The summed E-state index contributed by atoms with van der Waals surface area (Å²) in [6.07, 6.45) is 0.737. The van der Waals surface area contributed by atoms with Gasteiger partial charge in [0.25, 0.3) is 0 Å². The van der Waals surface area contributed by atoms with E-state index in [9.17, 15) is 4.79 Å². The first-order valence-electron chi connectivity index (χ1n) is 4.99. The number of nitrogens with one attached hydrogen (secondary N) is 1. The predicted molar refractivity (Wildman–Crippen MR) is 58.1 cm³/mol.